The molecule has 3 heterocycles. The summed E-state index contributed by atoms with van der Waals surface area (Å²) in [6.07, 6.45) is 5.20. The lowest BCUT2D eigenvalue weighted by Gasteiger charge is -2.35. The van der Waals surface area contributed by atoms with Gasteiger partial charge in [0.1, 0.15) is 0 Å². The van der Waals surface area contributed by atoms with Crippen LogP contribution in [0.5, 0.6) is 0 Å². The van der Waals surface area contributed by atoms with Crippen LogP contribution in [-0.2, 0) is 11.2 Å². The summed E-state index contributed by atoms with van der Waals surface area (Å²) in [7, 11) is 0. The number of hydrogen-bond donors (Lipinski definition) is 1. The molecule has 0 aliphatic carbocycles. The Kier molecular flexibility index (Phi) is 4.89. The van der Waals surface area contributed by atoms with E-state index in [1.165, 1.54) is 11.3 Å². The highest BCUT2D eigenvalue weighted by atomic mass is 16.3. The molecular weight excluding hydrogens is 326 g/mol. The first kappa shape index (κ1) is 17.0. The van der Waals surface area contributed by atoms with Gasteiger partial charge in [-0.2, -0.15) is 0 Å². The number of hydrogen-bond acceptors (Lipinski definition) is 4. The zero-order valence-electron chi connectivity index (χ0n) is 14.9. The van der Waals surface area contributed by atoms with Gasteiger partial charge in [-0.15, -0.1) is 0 Å². The lowest BCUT2D eigenvalue weighted by atomic mass is 9.95. The highest BCUT2D eigenvalue weighted by molar-refractivity contribution is 5.82. The Morgan fingerprint density at radius 2 is 1.96 bits per heavy atom. The van der Waals surface area contributed by atoms with E-state index in [0.29, 0.717) is 11.5 Å². The van der Waals surface area contributed by atoms with Crippen LogP contribution in [0.1, 0.15) is 30.1 Å². The second-order valence-electron chi connectivity index (χ2n) is 7.28. The number of amides is 1. The van der Waals surface area contributed by atoms with Crippen LogP contribution in [0.3, 0.4) is 0 Å². The molecule has 1 aromatic carbocycles. The van der Waals surface area contributed by atoms with Crippen LogP contribution in [-0.4, -0.2) is 47.1 Å². The molecule has 136 valence electrons. The van der Waals surface area contributed by atoms with Gasteiger partial charge in [-0.25, -0.2) is 0 Å². The number of para-hydroxylation sites is 1. The van der Waals surface area contributed by atoms with Gasteiger partial charge in [0.2, 0.25) is 0 Å². The first-order valence-corrected chi connectivity index (χ1v) is 9.42. The lowest BCUT2D eigenvalue weighted by molar-refractivity contribution is -0.142. The smallest absolute Gasteiger partial charge is 0.256 e. The molecule has 5 nitrogen and oxygen atoms in total. The topological polar surface area (TPSA) is 56.7 Å². The molecule has 1 amide bonds. The Labute approximate surface area is 154 Å². The van der Waals surface area contributed by atoms with Crippen molar-refractivity contribution in [2.24, 2.45) is 5.92 Å². The Hall–Kier alpha value is -2.40. The summed E-state index contributed by atoms with van der Waals surface area (Å²) in [4.78, 5) is 20.8. The van der Waals surface area contributed by atoms with Gasteiger partial charge in [0.25, 0.3) is 5.91 Å². The van der Waals surface area contributed by atoms with Gasteiger partial charge in [-0.05, 0) is 42.9 Å². The number of likely N-dealkylation sites (tertiary alicyclic amines) is 1. The first-order valence-electron chi connectivity index (χ1n) is 9.42. The third-order valence-electron chi connectivity index (χ3n) is 5.62. The van der Waals surface area contributed by atoms with Gasteiger partial charge in [0, 0.05) is 49.8 Å². The van der Waals surface area contributed by atoms with Gasteiger partial charge in [-0.1, -0.05) is 24.3 Å². The number of fused-ring (bicyclic) bond motifs is 1. The van der Waals surface area contributed by atoms with Crippen LogP contribution >= 0.6 is 0 Å². The maximum Gasteiger partial charge on any atom is 0.256 e. The number of aliphatic hydroxyl groups is 1. The van der Waals surface area contributed by atoms with Crippen molar-refractivity contribution in [1.82, 2.24) is 9.88 Å². The van der Waals surface area contributed by atoms with Crippen LogP contribution in [0.15, 0.2) is 48.8 Å². The number of carbonyl (C=O) groups excluding carboxylic acids is 1. The minimum absolute atomic E-state index is 0.206. The van der Waals surface area contributed by atoms with Gasteiger partial charge >= 0.3 is 0 Å². The minimum atomic E-state index is -1.11. The maximum atomic E-state index is 12.6. The normalized spacial score (nSPS) is 18.7. The average molecular weight is 351 g/mol. The summed E-state index contributed by atoms with van der Waals surface area (Å²) in [5.41, 5.74) is 3.38. The monoisotopic (exact) mass is 351 g/mol. The van der Waals surface area contributed by atoms with Crippen molar-refractivity contribution >= 4 is 11.6 Å². The molecule has 0 bridgehead atoms. The van der Waals surface area contributed by atoms with Crippen LogP contribution < -0.4 is 4.90 Å². The second-order valence-corrected chi connectivity index (χ2v) is 7.28. The van der Waals surface area contributed by atoms with Crippen molar-refractivity contribution in [3.8, 4) is 0 Å². The molecule has 1 unspecified atom stereocenters. The fourth-order valence-corrected chi connectivity index (χ4v) is 4.10. The summed E-state index contributed by atoms with van der Waals surface area (Å²) in [5.74, 6) is 0.392. The molecule has 0 spiro atoms. The van der Waals surface area contributed by atoms with Crippen molar-refractivity contribution in [3.63, 3.8) is 0 Å². The molecule has 4 rings (SSSR count). The SMILES string of the molecule is O=C(C(O)c1cccnc1)N1CCC(CN2CCc3ccccc32)CC1. The predicted octanol–water partition coefficient (Wildman–Crippen LogP) is 2.42. The van der Waals surface area contributed by atoms with Crippen molar-refractivity contribution in [2.45, 2.75) is 25.4 Å². The quantitative estimate of drug-likeness (QED) is 0.919. The summed E-state index contributed by atoms with van der Waals surface area (Å²) < 4.78 is 0. The molecule has 1 atom stereocenters. The van der Waals surface area contributed by atoms with E-state index >= 15 is 0 Å². The van der Waals surface area contributed by atoms with Crippen LogP contribution in [0.25, 0.3) is 0 Å². The van der Waals surface area contributed by atoms with Crippen molar-refractivity contribution in [3.05, 3.63) is 59.9 Å². The van der Waals surface area contributed by atoms with E-state index in [0.717, 1.165) is 45.4 Å². The molecule has 1 fully saturated rings. The lowest BCUT2D eigenvalue weighted by Crippen LogP contribution is -2.43. The number of aromatic nitrogens is 1. The zero-order chi connectivity index (χ0) is 17.9. The molecule has 1 saturated heterocycles. The molecule has 5 heteroatoms. The molecule has 1 N–H and O–H groups in total. The number of piperidine rings is 1. The molecule has 26 heavy (non-hydrogen) atoms. The van der Waals surface area contributed by atoms with Crippen LogP contribution in [0.2, 0.25) is 0 Å². The third kappa shape index (κ3) is 3.44. The Morgan fingerprint density at radius 1 is 1.15 bits per heavy atom. The van der Waals surface area contributed by atoms with E-state index in [1.807, 2.05) is 0 Å². The van der Waals surface area contributed by atoms with Crippen molar-refractivity contribution < 1.29 is 9.90 Å². The van der Waals surface area contributed by atoms with E-state index in [1.54, 1.807) is 29.4 Å². The molecule has 0 radical (unpaired) electrons. The highest BCUT2D eigenvalue weighted by Gasteiger charge is 2.29. The Morgan fingerprint density at radius 3 is 2.73 bits per heavy atom. The van der Waals surface area contributed by atoms with E-state index in [-0.39, 0.29) is 5.91 Å². The zero-order valence-corrected chi connectivity index (χ0v) is 14.9. The molecule has 2 aromatic rings. The first-order chi connectivity index (χ1) is 12.7. The second kappa shape index (κ2) is 7.46. The van der Waals surface area contributed by atoms with Crippen molar-refractivity contribution in [1.29, 1.82) is 0 Å². The fourth-order valence-electron chi connectivity index (χ4n) is 4.10. The average Bonchev–Trinajstić information content (AvgIpc) is 3.11. The predicted molar refractivity (Wildman–Crippen MR) is 101 cm³/mol. The Balaban J connectivity index is 1.31. The van der Waals surface area contributed by atoms with E-state index in [9.17, 15) is 9.90 Å². The van der Waals surface area contributed by atoms with E-state index < -0.39 is 6.10 Å². The Bertz CT molecular complexity index is 757. The van der Waals surface area contributed by atoms with Gasteiger partial charge in [0.15, 0.2) is 6.10 Å². The van der Waals surface area contributed by atoms with Crippen molar-refractivity contribution in [2.75, 3.05) is 31.1 Å². The molecule has 0 saturated carbocycles. The summed E-state index contributed by atoms with van der Waals surface area (Å²) in [6.45, 7) is 3.59. The number of aliphatic hydroxyl groups excluding tert-OH is 1. The number of pyridine rings is 1. The standard InChI is InChI=1S/C21H25N3O2/c25-20(18-5-3-10-22-14-18)21(26)23-11-7-16(8-12-23)15-24-13-9-17-4-1-2-6-19(17)24/h1-6,10,14,16,20,25H,7-9,11-13,15H2. The van der Waals surface area contributed by atoms with Gasteiger partial charge in [-0.3, -0.25) is 9.78 Å². The number of nitrogens with zero attached hydrogens (tertiary/aromatic N) is 3. The number of carbonyl (C=O) groups is 1. The molecule has 2 aliphatic heterocycles. The van der Waals surface area contributed by atoms with E-state index in [2.05, 4.69) is 34.1 Å². The van der Waals surface area contributed by atoms with Gasteiger partial charge < -0.3 is 14.9 Å². The number of benzene rings is 1. The largest absolute Gasteiger partial charge is 0.378 e. The van der Waals surface area contributed by atoms with Crippen LogP contribution in [0, 0.1) is 5.92 Å². The van der Waals surface area contributed by atoms with E-state index in [4.69, 9.17) is 0 Å². The molecular formula is C21H25N3O2. The number of anilines is 1. The fraction of sp³-hybridized carbons (Fsp3) is 0.429. The molecule has 2 aliphatic rings. The summed E-state index contributed by atoms with van der Waals surface area (Å²) in [5, 5.41) is 10.3. The third-order valence-corrected chi connectivity index (χ3v) is 5.62. The molecule has 1 aromatic heterocycles. The highest BCUT2D eigenvalue weighted by Crippen LogP contribution is 2.30. The summed E-state index contributed by atoms with van der Waals surface area (Å²) >= 11 is 0. The summed E-state index contributed by atoms with van der Waals surface area (Å²) in [6, 6.07) is 12.1. The minimum Gasteiger partial charge on any atom is -0.378 e. The van der Waals surface area contributed by atoms with Gasteiger partial charge in [0.05, 0.1) is 0 Å². The maximum absolute atomic E-state index is 12.6. The van der Waals surface area contributed by atoms with Crippen LogP contribution in [0.4, 0.5) is 5.69 Å². The number of rotatable bonds is 4.